The number of carbonyl (C=O) groups excluding carboxylic acids is 2. The fraction of sp³-hybridized carbons (Fsp3) is 0.250. The van der Waals surface area contributed by atoms with Crippen LogP contribution >= 0.6 is 0 Å². The van der Waals surface area contributed by atoms with E-state index in [9.17, 15) is 9.59 Å². The van der Waals surface area contributed by atoms with Crippen molar-refractivity contribution in [2.45, 2.75) is 19.4 Å². The van der Waals surface area contributed by atoms with E-state index in [4.69, 9.17) is 0 Å². The first-order chi connectivity index (χ1) is 12.7. The van der Waals surface area contributed by atoms with Crippen LogP contribution < -0.4 is 15.5 Å². The molecule has 1 aliphatic heterocycles. The Morgan fingerprint density at radius 1 is 1.23 bits per heavy atom. The van der Waals surface area contributed by atoms with Crippen molar-refractivity contribution in [2.75, 3.05) is 23.3 Å². The Balaban J connectivity index is 1.54. The highest BCUT2D eigenvalue weighted by molar-refractivity contribution is 5.95. The van der Waals surface area contributed by atoms with Gasteiger partial charge in [-0.05, 0) is 36.2 Å². The summed E-state index contributed by atoms with van der Waals surface area (Å²) in [6.07, 6.45) is 4.74. The second-order valence-electron chi connectivity index (χ2n) is 6.10. The van der Waals surface area contributed by atoms with Gasteiger partial charge < -0.3 is 15.5 Å². The smallest absolute Gasteiger partial charge is 0.253 e. The Morgan fingerprint density at radius 2 is 2.04 bits per heavy atom. The minimum Gasteiger partial charge on any atom is -0.366 e. The quantitative estimate of drug-likeness (QED) is 0.753. The number of hydrogen-bond acceptors (Lipinski definition) is 4. The zero-order chi connectivity index (χ0) is 18.4. The molecule has 0 bridgehead atoms. The van der Waals surface area contributed by atoms with Crippen LogP contribution in [0.25, 0.3) is 0 Å². The minimum absolute atomic E-state index is 0.170. The van der Waals surface area contributed by atoms with E-state index < -0.39 is 0 Å². The molecule has 1 aromatic carbocycles. The van der Waals surface area contributed by atoms with E-state index in [1.54, 1.807) is 24.4 Å². The first kappa shape index (κ1) is 17.7. The number of aromatic nitrogens is 1. The molecule has 2 aromatic rings. The van der Waals surface area contributed by atoms with Crippen LogP contribution in [0.1, 0.15) is 28.8 Å². The normalized spacial score (nSPS) is 13.5. The summed E-state index contributed by atoms with van der Waals surface area (Å²) in [5, 5.41) is 5.94. The van der Waals surface area contributed by atoms with Crippen molar-refractivity contribution < 1.29 is 9.59 Å². The molecule has 1 aliphatic rings. The van der Waals surface area contributed by atoms with Crippen LogP contribution in [0.5, 0.6) is 0 Å². The first-order valence-electron chi connectivity index (χ1n) is 8.65. The minimum atomic E-state index is -0.170. The van der Waals surface area contributed by atoms with Gasteiger partial charge in [0.1, 0.15) is 5.82 Å². The van der Waals surface area contributed by atoms with Gasteiger partial charge in [0.15, 0.2) is 0 Å². The standard InChI is InChI=1S/C20H22N4O2/c1-2-11-21-20(26)16-7-10-18(23-14-16)22-13-15-5-8-17(9-6-15)24-12-3-4-19(24)25/h2,5-10,14H,1,3-4,11-13H2,(H,21,26)(H,22,23). The van der Waals surface area contributed by atoms with Gasteiger partial charge in [-0.25, -0.2) is 4.98 Å². The topological polar surface area (TPSA) is 74.3 Å². The van der Waals surface area contributed by atoms with Crippen LogP contribution in [0.2, 0.25) is 0 Å². The summed E-state index contributed by atoms with van der Waals surface area (Å²) >= 11 is 0. The highest BCUT2D eigenvalue weighted by Crippen LogP contribution is 2.21. The molecule has 26 heavy (non-hydrogen) atoms. The van der Waals surface area contributed by atoms with Crippen LogP contribution in [-0.4, -0.2) is 29.9 Å². The lowest BCUT2D eigenvalue weighted by atomic mass is 10.2. The second kappa shape index (κ2) is 8.29. The monoisotopic (exact) mass is 350 g/mol. The van der Waals surface area contributed by atoms with Gasteiger partial charge >= 0.3 is 0 Å². The SMILES string of the molecule is C=CCNC(=O)c1ccc(NCc2ccc(N3CCCC3=O)cc2)nc1. The number of rotatable bonds is 7. The molecule has 1 fully saturated rings. The average Bonchev–Trinajstić information content (AvgIpc) is 3.11. The molecule has 2 heterocycles. The van der Waals surface area contributed by atoms with E-state index in [1.165, 1.54) is 0 Å². The summed E-state index contributed by atoms with van der Waals surface area (Å²) < 4.78 is 0. The lowest BCUT2D eigenvalue weighted by Gasteiger charge is -2.16. The van der Waals surface area contributed by atoms with Gasteiger partial charge in [-0.1, -0.05) is 18.2 Å². The van der Waals surface area contributed by atoms with Crippen molar-refractivity contribution in [3.8, 4) is 0 Å². The highest BCUT2D eigenvalue weighted by Gasteiger charge is 2.21. The predicted molar refractivity (Wildman–Crippen MR) is 102 cm³/mol. The molecule has 134 valence electrons. The molecular weight excluding hydrogens is 328 g/mol. The number of carbonyl (C=O) groups is 2. The maximum absolute atomic E-state index is 11.8. The summed E-state index contributed by atoms with van der Waals surface area (Å²) in [7, 11) is 0. The van der Waals surface area contributed by atoms with Crippen LogP contribution in [0.3, 0.4) is 0 Å². The van der Waals surface area contributed by atoms with Crippen LogP contribution in [0.15, 0.2) is 55.3 Å². The van der Waals surface area contributed by atoms with Gasteiger partial charge in [-0.3, -0.25) is 9.59 Å². The van der Waals surface area contributed by atoms with E-state index in [2.05, 4.69) is 22.2 Å². The van der Waals surface area contributed by atoms with Gasteiger partial charge in [-0.15, -0.1) is 6.58 Å². The molecule has 0 unspecified atom stereocenters. The van der Waals surface area contributed by atoms with Crippen molar-refractivity contribution in [1.29, 1.82) is 0 Å². The maximum Gasteiger partial charge on any atom is 0.253 e. The second-order valence-corrected chi connectivity index (χ2v) is 6.10. The molecule has 0 radical (unpaired) electrons. The largest absolute Gasteiger partial charge is 0.366 e. The lowest BCUT2D eigenvalue weighted by molar-refractivity contribution is -0.117. The van der Waals surface area contributed by atoms with Gasteiger partial charge in [0.25, 0.3) is 5.91 Å². The van der Waals surface area contributed by atoms with E-state index in [0.29, 0.717) is 30.9 Å². The molecule has 6 nitrogen and oxygen atoms in total. The number of benzene rings is 1. The molecule has 0 atom stereocenters. The molecule has 1 saturated heterocycles. The Kier molecular flexibility index (Phi) is 5.63. The molecular formula is C20H22N4O2. The number of anilines is 2. The van der Waals surface area contributed by atoms with Crippen molar-refractivity contribution in [1.82, 2.24) is 10.3 Å². The van der Waals surface area contributed by atoms with Crippen molar-refractivity contribution in [3.05, 3.63) is 66.4 Å². The number of amides is 2. The number of nitrogens with one attached hydrogen (secondary N) is 2. The molecule has 3 rings (SSSR count). The Labute approximate surface area is 152 Å². The van der Waals surface area contributed by atoms with E-state index in [0.717, 1.165) is 24.2 Å². The lowest BCUT2D eigenvalue weighted by Crippen LogP contribution is -2.23. The molecule has 2 amide bonds. The molecule has 0 spiro atoms. The number of nitrogens with zero attached hydrogens (tertiary/aromatic N) is 2. The zero-order valence-electron chi connectivity index (χ0n) is 14.6. The molecule has 6 heteroatoms. The summed E-state index contributed by atoms with van der Waals surface area (Å²) in [6, 6.07) is 11.5. The fourth-order valence-corrected chi connectivity index (χ4v) is 2.81. The van der Waals surface area contributed by atoms with Crippen molar-refractivity contribution >= 4 is 23.3 Å². The van der Waals surface area contributed by atoms with Gasteiger partial charge in [0.05, 0.1) is 5.56 Å². The van der Waals surface area contributed by atoms with Crippen molar-refractivity contribution in [2.24, 2.45) is 0 Å². The van der Waals surface area contributed by atoms with Gasteiger partial charge in [0, 0.05) is 37.9 Å². The number of hydrogen-bond donors (Lipinski definition) is 2. The van der Waals surface area contributed by atoms with Gasteiger partial charge in [-0.2, -0.15) is 0 Å². The van der Waals surface area contributed by atoms with E-state index >= 15 is 0 Å². The maximum atomic E-state index is 11.8. The summed E-state index contributed by atoms with van der Waals surface area (Å²) in [5.41, 5.74) is 2.55. The zero-order valence-corrected chi connectivity index (χ0v) is 14.6. The van der Waals surface area contributed by atoms with E-state index in [1.807, 2.05) is 29.2 Å². The third kappa shape index (κ3) is 4.27. The van der Waals surface area contributed by atoms with Crippen molar-refractivity contribution in [3.63, 3.8) is 0 Å². The van der Waals surface area contributed by atoms with Crippen LogP contribution in [0.4, 0.5) is 11.5 Å². The summed E-state index contributed by atoms with van der Waals surface area (Å²) in [4.78, 5) is 29.7. The Morgan fingerprint density at radius 3 is 2.65 bits per heavy atom. The highest BCUT2D eigenvalue weighted by atomic mass is 16.2. The third-order valence-corrected chi connectivity index (χ3v) is 4.23. The summed E-state index contributed by atoms with van der Waals surface area (Å²) in [6.45, 7) is 5.41. The Hall–Kier alpha value is -3.15. The predicted octanol–water partition coefficient (Wildman–Crippen LogP) is 2.74. The average molecular weight is 350 g/mol. The molecule has 0 saturated carbocycles. The molecule has 2 N–H and O–H groups in total. The van der Waals surface area contributed by atoms with Gasteiger partial charge in [0.2, 0.25) is 5.91 Å². The van der Waals surface area contributed by atoms with E-state index in [-0.39, 0.29) is 11.8 Å². The fourth-order valence-electron chi connectivity index (χ4n) is 2.81. The third-order valence-electron chi connectivity index (χ3n) is 4.23. The first-order valence-corrected chi connectivity index (χ1v) is 8.65. The number of pyridine rings is 1. The Bertz CT molecular complexity index is 784. The van der Waals surface area contributed by atoms with Crippen LogP contribution in [-0.2, 0) is 11.3 Å². The van der Waals surface area contributed by atoms with Crippen LogP contribution in [0, 0.1) is 0 Å². The summed E-state index contributed by atoms with van der Waals surface area (Å²) in [5.74, 6) is 0.720. The molecule has 1 aromatic heterocycles. The molecule has 0 aliphatic carbocycles.